The zero-order valence-corrected chi connectivity index (χ0v) is 20.2. The standard InChI is InChI=1S/C27H28FN5OS/c1-35(34,18-19-6-3-2-4-7-19)33-26-12-10-21(15-24(26)28)20-9-11-25-22(14-20)16-30-27(32-25)31-23-8-5-13-29-17-23/h2-4,6-7,9-12,14-16,23,29H,1,5,8,13,17-18H2,(H,33,34)(H,30,31,32)/t23-,35?/m0/s1. The fourth-order valence-electron chi connectivity index (χ4n) is 4.30. The van der Waals surface area contributed by atoms with Crippen molar-refractivity contribution >= 4 is 38.1 Å². The van der Waals surface area contributed by atoms with Crippen LogP contribution in [-0.2, 0) is 15.5 Å². The number of benzene rings is 3. The highest BCUT2D eigenvalue weighted by molar-refractivity contribution is 8.00. The van der Waals surface area contributed by atoms with Crippen molar-refractivity contribution in [2.24, 2.45) is 0 Å². The molecule has 4 aromatic rings. The van der Waals surface area contributed by atoms with E-state index in [2.05, 4.69) is 31.2 Å². The minimum atomic E-state index is -2.75. The third-order valence-corrected chi connectivity index (χ3v) is 7.44. The van der Waals surface area contributed by atoms with E-state index >= 15 is 0 Å². The maximum atomic E-state index is 14.9. The van der Waals surface area contributed by atoms with E-state index in [1.165, 1.54) is 6.07 Å². The number of fused-ring (bicyclic) bond motifs is 1. The van der Waals surface area contributed by atoms with Gasteiger partial charge in [-0.15, -0.1) is 0 Å². The molecule has 1 aromatic heterocycles. The zero-order valence-electron chi connectivity index (χ0n) is 19.3. The molecule has 0 spiro atoms. The Morgan fingerprint density at radius 2 is 1.89 bits per heavy atom. The van der Waals surface area contributed by atoms with Crippen LogP contribution in [0.15, 0.2) is 72.9 Å². The highest BCUT2D eigenvalue weighted by Crippen LogP contribution is 2.28. The lowest BCUT2D eigenvalue weighted by atomic mass is 10.0. The van der Waals surface area contributed by atoms with Crippen molar-refractivity contribution in [1.29, 1.82) is 0 Å². The second-order valence-corrected chi connectivity index (χ2v) is 11.0. The Morgan fingerprint density at radius 1 is 1.09 bits per heavy atom. The Labute approximate surface area is 205 Å². The summed E-state index contributed by atoms with van der Waals surface area (Å²) in [4.78, 5) is 9.11. The van der Waals surface area contributed by atoms with Gasteiger partial charge in [0.25, 0.3) is 0 Å². The molecule has 1 fully saturated rings. The molecule has 6 nitrogen and oxygen atoms in total. The first-order valence-corrected chi connectivity index (χ1v) is 13.6. The topological polar surface area (TPSA) is 78.9 Å². The number of rotatable bonds is 7. The molecule has 0 aliphatic carbocycles. The van der Waals surface area contributed by atoms with Crippen molar-refractivity contribution in [3.63, 3.8) is 0 Å². The molecule has 0 radical (unpaired) electrons. The van der Waals surface area contributed by atoms with Gasteiger partial charge in [0.05, 0.1) is 17.0 Å². The molecule has 0 amide bonds. The van der Waals surface area contributed by atoms with Gasteiger partial charge in [0, 0.05) is 33.9 Å². The molecule has 5 rings (SSSR count). The smallest absolute Gasteiger partial charge is 0.223 e. The lowest BCUT2D eigenvalue weighted by molar-refractivity contribution is 0.478. The molecule has 35 heavy (non-hydrogen) atoms. The zero-order chi connectivity index (χ0) is 24.3. The molecule has 1 aliphatic rings. The lowest BCUT2D eigenvalue weighted by Gasteiger charge is -2.23. The molecule has 8 heteroatoms. The average molecular weight is 490 g/mol. The molecule has 3 N–H and O–H groups in total. The van der Waals surface area contributed by atoms with Crippen LogP contribution in [0.4, 0.5) is 16.0 Å². The van der Waals surface area contributed by atoms with Crippen LogP contribution in [0.5, 0.6) is 0 Å². The molecule has 0 bridgehead atoms. The van der Waals surface area contributed by atoms with Crippen LogP contribution in [-0.4, -0.2) is 39.2 Å². The van der Waals surface area contributed by atoms with E-state index in [0.717, 1.165) is 48.0 Å². The molecule has 180 valence electrons. The number of hydrogen-bond acceptors (Lipinski definition) is 5. The second-order valence-electron chi connectivity index (χ2n) is 8.89. The van der Waals surface area contributed by atoms with E-state index in [9.17, 15) is 8.60 Å². The Kier molecular flexibility index (Phi) is 6.66. The van der Waals surface area contributed by atoms with Gasteiger partial charge >= 0.3 is 0 Å². The number of nitrogens with zero attached hydrogens (tertiary/aromatic N) is 2. The SMILES string of the molecule is C=S(=O)(Cc1ccccc1)Nc1ccc(-c2ccc3nc(N[C@H]4CCCNC4)ncc3c2)cc1F. The van der Waals surface area contributed by atoms with Crippen molar-refractivity contribution in [1.82, 2.24) is 15.3 Å². The fourth-order valence-corrected chi connectivity index (χ4v) is 5.67. The summed E-state index contributed by atoms with van der Waals surface area (Å²) in [5, 5.41) is 7.65. The average Bonchev–Trinajstić information content (AvgIpc) is 2.86. The number of aromatic nitrogens is 2. The molecule has 1 unspecified atom stereocenters. The summed E-state index contributed by atoms with van der Waals surface area (Å²) in [6.45, 7) is 1.96. The van der Waals surface area contributed by atoms with Crippen molar-refractivity contribution in [2.75, 3.05) is 23.1 Å². The third-order valence-electron chi connectivity index (χ3n) is 6.05. The quantitative estimate of drug-likeness (QED) is 0.324. The number of anilines is 2. The summed E-state index contributed by atoms with van der Waals surface area (Å²) in [6.07, 6.45) is 4.02. The maximum absolute atomic E-state index is 14.9. The van der Waals surface area contributed by atoms with E-state index in [-0.39, 0.29) is 11.4 Å². The minimum absolute atomic E-state index is 0.168. The van der Waals surface area contributed by atoms with Crippen molar-refractivity contribution in [3.8, 4) is 11.1 Å². The minimum Gasteiger partial charge on any atom is -0.350 e. The van der Waals surface area contributed by atoms with Gasteiger partial charge in [-0.25, -0.2) is 18.6 Å². The van der Waals surface area contributed by atoms with Crippen molar-refractivity contribution < 1.29 is 8.60 Å². The molecular formula is C27H28FN5OS. The highest BCUT2D eigenvalue weighted by Gasteiger charge is 2.14. The number of piperidine rings is 1. The number of halogens is 1. The normalized spacial score (nSPS) is 17.6. The first-order valence-electron chi connectivity index (χ1n) is 11.7. The Bertz CT molecular complexity index is 1440. The Hall–Kier alpha value is -3.49. The summed E-state index contributed by atoms with van der Waals surface area (Å²) in [7, 11) is -2.75. The van der Waals surface area contributed by atoms with Crippen LogP contribution in [0, 0.1) is 5.82 Å². The lowest BCUT2D eigenvalue weighted by Crippen LogP contribution is -2.38. The maximum Gasteiger partial charge on any atom is 0.223 e. The Balaban J connectivity index is 1.32. The monoisotopic (exact) mass is 489 g/mol. The predicted molar refractivity (Wildman–Crippen MR) is 143 cm³/mol. The summed E-state index contributed by atoms with van der Waals surface area (Å²) in [5.41, 5.74) is 3.44. The first-order chi connectivity index (χ1) is 16.9. The molecular weight excluding hydrogens is 461 g/mol. The van der Waals surface area contributed by atoms with Gasteiger partial charge in [-0.05, 0) is 66.2 Å². The van der Waals surface area contributed by atoms with Crippen LogP contribution < -0.4 is 15.4 Å². The van der Waals surface area contributed by atoms with E-state index in [0.29, 0.717) is 17.6 Å². The second kappa shape index (κ2) is 10.0. The van der Waals surface area contributed by atoms with Gasteiger partial charge in [-0.3, -0.25) is 0 Å². The van der Waals surface area contributed by atoms with Gasteiger partial charge in [0.2, 0.25) is 5.95 Å². The van der Waals surface area contributed by atoms with Gasteiger partial charge in [0.15, 0.2) is 0 Å². The van der Waals surface area contributed by atoms with Gasteiger partial charge in [-0.2, -0.15) is 0 Å². The van der Waals surface area contributed by atoms with Crippen LogP contribution in [0.25, 0.3) is 22.0 Å². The molecule has 1 aliphatic heterocycles. The van der Waals surface area contributed by atoms with E-state index in [1.807, 2.05) is 48.5 Å². The summed E-state index contributed by atoms with van der Waals surface area (Å²) in [5.74, 6) is 4.14. The molecule has 1 saturated heterocycles. The van der Waals surface area contributed by atoms with Crippen LogP contribution >= 0.6 is 0 Å². The molecule has 2 atom stereocenters. The van der Waals surface area contributed by atoms with E-state index in [1.54, 1.807) is 18.3 Å². The number of hydrogen-bond donors (Lipinski definition) is 3. The Morgan fingerprint density at radius 3 is 2.66 bits per heavy atom. The highest BCUT2D eigenvalue weighted by atomic mass is 32.2. The van der Waals surface area contributed by atoms with E-state index < -0.39 is 15.5 Å². The predicted octanol–water partition coefficient (Wildman–Crippen LogP) is 4.84. The van der Waals surface area contributed by atoms with Gasteiger partial charge < -0.3 is 15.4 Å². The van der Waals surface area contributed by atoms with Crippen molar-refractivity contribution in [2.45, 2.75) is 24.6 Å². The third kappa shape index (κ3) is 5.78. The molecule has 3 aromatic carbocycles. The van der Waals surface area contributed by atoms with Crippen LogP contribution in [0.1, 0.15) is 18.4 Å². The summed E-state index contributed by atoms with van der Waals surface area (Å²) >= 11 is 0. The number of nitrogens with one attached hydrogen (secondary N) is 3. The molecule has 2 heterocycles. The summed E-state index contributed by atoms with van der Waals surface area (Å²) < 4.78 is 30.7. The fraction of sp³-hybridized carbons (Fsp3) is 0.222. The van der Waals surface area contributed by atoms with Crippen LogP contribution in [0.2, 0.25) is 0 Å². The molecule has 0 saturated carbocycles. The first kappa shape index (κ1) is 23.3. The van der Waals surface area contributed by atoms with Gasteiger partial charge in [0.1, 0.15) is 5.82 Å². The van der Waals surface area contributed by atoms with Crippen LogP contribution in [0.3, 0.4) is 0 Å². The van der Waals surface area contributed by atoms with E-state index in [4.69, 9.17) is 0 Å². The summed E-state index contributed by atoms with van der Waals surface area (Å²) in [6, 6.07) is 20.4. The van der Waals surface area contributed by atoms with Crippen molar-refractivity contribution in [3.05, 3.63) is 84.3 Å². The van der Waals surface area contributed by atoms with Gasteiger partial charge in [-0.1, -0.05) is 42.5 Å². The largest absolute Gasteiger partial charge is 0.350 e.